The first-order valence-corrected chi connectivity index (χ1v) is 7.06. The van der Waals surface area contributed by atoms with Crippen molar-refractivity contribution in [3.63, 3.8) is 0 Å². The van der Waals surface area contributed by atoms with Gasteiger partial charge in [0, 0.05) is 10.4 Å². The van der Waals surface area contributed by atoms with Crippen LogP contribution >= 0.6 is 11.3 Å². The van der Waals surface area contributed by atoms with E-state index in [0.29, 0.717) is 12.3 Å². The maximum absolute atomic E-state index is 11.8. The third-order valence-electron chi connectivity index (χ3n) is 2.89. The molecule has 0 radical (unpaired) electrons. The molecule has 1 aromatic heterocycles. The summed E-state index contributed by atoms with van der Waals surface area (Å²) >= 11 is 1.53. The van der Waals surface area contributed by atoms with E-state index in [0.717, 1.165) is 21.0 Å². The predicted octanol–water partition coefficient (Wildman–Crippen LogP) is 3.91. The van der Waals surface area contributed by atoms with Gasteiger partial charge in [-0.2, -0.15) is 0 Å². The fourth-order valence-corrected chi connectivity index (χ4v) is 2.85. The number of hydrogen-bond donors (Lipinski definition) is 0. The average Bonchev–Trinajstić information content (AvgIpc) is 2.74. The largest absolute Gasteiger partial charge is 0.461 e. The van der Waals surface area contributed by atoms with Crippen molar-refractivity contribution in [2.45, 2.75) is 27.7 Å². The Bertz CT molecular complexity index is 617. The Morgan fingerprint density at radius 3 is 2.74 bits per heavy atom. The summed E-state index contributed by atoms with van der Waals surface area (Å²) in [4.78, 5) is 17.1. The van der Waals surface area contributed by atoms with Gasteiger partial charge in [0.2, 0.25) is 0 Å². The Morgan fingerprint density at radius 2 is 2.05 bits per heavy atom. The maximum atomic E-state index is 11.8. The third kappa shape index (κ3) is 2.84. The molecular weight excluding hydrogens is 258 g/mol. The first kappa shape index (κ1) is 13.7. The number of esters is 1. The van der Waals surface area contributed by atoms with Crippen LogP contribution in [0.15, 0.2) is 18.2 Å². The molecule has 4 heteroatoms. The zero-order valence-corrected chi connectivity index (χ0v) is 12.4. The number of nitrogens with zero attached hydrogens (tertiary/aromatic N) is 1. The molecule has 0 unspecified atom stereocenters. The summed E-state index contributed by atoms with van der Waals surface area (Å²) in [6.07, 6.45) is 0. The molecule has 2 aromatic rings. The molecule has 100 valence electrons. The fourth-order valence-electron chi connectivity index (χ4n) is 1.87. The molecule has 0 atom stereocenters. The van der Waals surface area contributed by atoms with Crippen molar-refractivity contribution >= 4 is 17.3 Å². The van der Waals surface area contributed by atoms with Crippen LogP contribution in [0.4, 0.5) is 0 Å². The fraction of sp³-hybridized carbons (Fsp3) is 0.333. The zero-order valence-electron chi connectivity index (χ0n) is 11.6. The van der Waals surface area contributed by atoms with E-state index in [2.05, 4.69) is 37.0 Å². The van der Waals surface area contributed by atoms with Crippen molar-refractivity contribution in [3.8, 4) is 10.6 Å². The Balaban J connectivity index is 2.44. The number of thiazole rings is 1. The van der Waals surface area contributed by atoms with Crippen LogP contribution in [0.25, 0.3) is 10.6 Å². The molecule has 0 spiro atoms. The van der Waals surface area contributed by atoms with Crippen LogP contribution in [-0.2, 0) is 4.74 Å². The first-order valence-electron chi connectivity index (χ1n) is 6.25. The van der Waals surface area contributed by atoms with Gasteiger partial charge in [-0.1, -0.05) is 17.7 Å². The van der Waals surface area contributed by atoms with E-state index < -0.39 is 0 Å². The Kier molecular flexibility index (Phi) is 4.00. The Labute approximate surface area is 117 Å². The highest BCUT2D eigenvalue weighted by molar-refractivity contribution is 7.15. The van der Waals surface area contributed by atoms with E-state index in [1.165, 1.54) is 16.9 Å². The smallest absolute Gasteiger partial charge is 0.358 e. The average molecular weight is 275 g/mol. The van der Waals surface area contributed by atoms with E-state index in [1.807, 2.05) is 6.92 Å². The topological polar surface area (TPSA) is 39.2 Å². The molecule has 0 saturated carbocycles. The molecule has 1 heterocycles. The molecule has 2 rings (SSSR count). The van der Waals surface area contributed by atoms with E-state index in [9.17, 15) is 4.79 Å². The van der Waals surface area contributed by atoms with Crippen molar-refractivity contribution in [3.05, 3.63) is 39.9 Å². The van der Waals surface area contributed by atoms with Gasteiger partial charge in [0.15, 0.2) is 5.69 Å². The molecule has 0 aliphatic heterocycles. The molecule has 0 amide bonds. The van der Waals surface area contributed by atoms with Gasteiger partial charge in [0.05, 0.1) is 6.61 Å². The number of hydrogen-bond acceptors (Lipinski definition) is 4. The summed E-state index contributed by atoms with van der Waals surface area (Å²) in [7, 11) is 0. The molecule has 0 N–H and O–H groups in total. The third-order valence-corrected chi connectivity index (χ3v) is 3.89. The van der Waals surface area contributed by atoms with Crippen LogP contribution in [0.3, 0.4) is 0 Å². The molecular formula is C15H17NO2S. The molecule has 0 fully saturated rings. The number of benzene rings is 1. The summed E-state index contributed by atoms with van der Waals surface area (Å²) in [5.41, 5.74) is 3.87. The number of rotatable bonds is 3. The zero-order chi connectivity index (χ0) is 14.0. The van der Waals surface area contributed by atoms with Crippen LogP contribution in [0.1, 0.15) is 33.4 Å². The van der Waals surface area contributed by atoms with E-state index >= 15 is 0 Å². The van der Waals surface area contributed by atoms with Crippen molar-refractivity contribution in [2.75, 3.05) is 6.61 Å². The van der Waals surface area contributed by atoms with Gasteiger partial charge in [0.1, 0.15) is 5.01 Å². The highest BCUT2D eigenvalue weighted by atomic mass is 32.1. The highest BCUT2D eigenvalue weighted by Gasteiger charge is 2.18. The monoisotopic (exact) mass is 275 g/mol. The molecule has 0 bridgehead atoms. The molecule has 19 heavy (non-hydrogen) atoms. The predicted molar refractivity (Wildman–Crippen MR) is 77.7 cm³/mol. The summed E-state index contributed by atoms with van der Waals surface area (Å²) < 4.78 is 5.02. The van der Waals surface area contributed by atoms with Gasteiger partial charge in [-0.05, 0) is 39.3 Å². The maximum Gasteiger partial charge on any atom is 0.358 e. The highest BCUT2D eigenvalue weighted by Crippen LogP contribution is 2.30. The van der Waals surface area contributed by atoms with Gasteiger partial charge in [-0.25, -0.2) is 9.78 Å². The van der Waals surface area contributed by atoms with Crippen LogP contribution in [0, 0.1) is 20.8 Å². The minimum absolute atomic E-state index is 0.340. The van der Waals surface area contributed by atoms with Crippen LogP contribution < -0.4 is 0 Å². The van der Waals surface area contributed by atoms with Gasteiger partial charge in [-0.3, -0.25) is 0 Å². The van der Waals surface area contributed by atoms with Gasteiger partial charge < -0.3 is 4.74 Å². The van der Waals surface area contributed by atoms with E-state index in [1.54, 1.807) is 6.92 Å². The number of ether oxygens (including phenoxy) is 1. The standard InChI is InChI=1S/C15H17NO2S/c1-5-18-15(17)13-11(4)19-14(16-13)12-8-9(2)6-7-10(12)3/h6-8H,5H2,1-4H3. The number of carbonyl (C=O) groups is 1. The lowest BCUT2D eigenvalue weighted by molar-refractivity contribution is 0.0519. The Morgan fingerprint density at radius 1 is 1.32 bits per heavy atom. The molecule has 0 aliphatic rings. The number of aryl methyl sites for hydroxylation is 3. The van der Waals surface area contributed by atoms with Crippen LogP contribution in [-0.4, -0.2) is 17.6 Å². The van der Waals surface area contributed by atoms with Crippen molar-refractivity contribution in [1.82, 2.24) is 4.98 Å². The second kappa shape index (κ2) is 5.53. The summed E-state index contributed by atoms with van der Waals surface area (Å²) in [5.74, 6) is -0.340. The van der Waals surface area contributed by atoms with E-state index in [4.69, 9.17) is 4.74 Å². The van der Waals surface area contributed by atoms with Crippen LogP contribution in [0.2, 0.25) is 0 Å². The number of aromatic nitrogens is 1. The van der Waals surface area contributed by atoms with Crippen molar-refractivity contribution in [2.24, 2.45) is 0 Å². The van der Waals surface area contributed by atoms with Gasteiger partial charge in [0.25, 0.3) is 0 Å². The quantitative estimate of drug-likeness (QED) is 0.797. The molecule has 0 aliphatic carbocycles. The minimum Gasteiger partial charge on any atom is -0.461 e. The first-order chi connectivity index (χ1) is 9.02. The van der Waals surface area contributed by atoms with Gasteiger partial charge in [-0.15, -0.1) is 11.3 Å². The van der Waals surface area contributed by atoms with E-state index in [-0.39, 0.29) is 5.97 Å². The molecule has 3 nitrogen and oxygen atoms in total. The normalized spacial score (nSPS) is 10.5. The second-order valence-corrected chi connectivity index (χ2v) is 5.67. The summed E-state index contributed by atoms with van der Waals surface area (Å²) in [6, 6.07) is 6.25. The molecule has 0 saturated heterocycles. The van der Waals surface area contributed by atoms with Gasteiger partial charge >= 0.3 is 5.97 Å². The Hall–Kier alpha value is -1.68. The lowest BCUT2D eigenvalue weighted by atomic mass is 10.1. The second-order valence-electron chi connectivity index (χ2n) is 4.46. The number of carbonyl (C=O) groups excluding carboxylic acids is 1. The summed E-state index contributed by atoms with van der Waals surface area (Å²) in [6.45, 7) is 8.17. The molecule has 1 aromatic carbocycles. The van der Waals surface area contributed by atoms with Crippen molar-refractivity contribution < 1.29 is 9.53 Å². The SMILES string of the molecule is CCOC(=O)c1nc(-c2cc(C)ccc2C)sc1C. The summed E-state index contributed by atoms with van der Waals surface area (Å²) in [5, 5.41) is 0.877. The lowest BCUT2D eigenvalue weighted by Gasteiger charge is -2.03. The van der Waals surface area contributed by atoms with Crippen molar-refractivity contribution in [1.29, 1.82) is 0 Å². The lowest BCUT2D eigenvalue weighted by Crippen LogP contribution is -2.06. The minimum atomic E-state index is -0.340. The van der Waals surface area contributed by atoms with Crippen LogP contribution in [0.5, 0.6) is 0 Å².